The van der Waals surface area contributed by atoms with E-state index in [4.69, 9.17) is 17.3 Å². The number of primary amides is 1. The van der Waals surface area contributed by atoms with E-state index in [2.05, 4.69) is 0 Å². The second kappa shape index (κ2) is 5.19. The third-order valence-electron chi connectivity index (χ3n) is 2.60. The van der Waals surface area contributed by atoms with Crippen molar-refractivity contribution in [3.63, 3.8) is 0 Å². The van der Waals surface area contributed by atoms with Crippen LogP contribution in [0.2, 0.25) is 5.02 Å². The molecule has 0 atom stereocenters. The first-order chi connectivity index (χ1) is 8.58. The molecule has 92 valence electrons. The van der Waals surface area contributed by atoms with Crippen molar-refractivity contribution in [2.24, 2.45) is 5.73 Å². The monoisotopic (exact) mass is 263 g/mol. The average Bonchev–Trinajstić information content (AvgIpc) is 2.30. The van der Waals surface area contributed by atoms with Crippen LogP contribution in [0.4, 0.5) is 4.39 Å². The van der Waals surface area contributed by atoms with E-state index in [9.17, 15) is 9.18 Å². The number of benzene rings is 2. The van der Waals surface area contributed by atoms with Gasteiger partial charge in [-0.2, -0.15) is 0 Å². The Balaban J connectivity index is 2.53. The van der Waals surface area contributed by atoms with Crippen LogP contribution in [0.5, 0.6) is 0 Å². The van der Waals surface area contributed by atoms with Crippen molar-refractivity contribution in [2.45, 2.75) is 6.42 Å². The van der Waals surface area contributed by atoms with Crippen LogP contribution in [0.15, 0.2) is 42.5 Å². The molecule has 0 unspecified atom stereocenters. The van der Waals surface area contributed by atoms with Crippen molar-refractivity contribution in [3.05, 3.63) is 58.9 Å². The standard InChI is InChI=1S/C14H11ClFNO/c15-10-5-6-12(13(16)8-10)11-4-2-1-3-9(11)7-14(17)18/h1-6,8H,7H2,(H2,17,18). The Labute approximate surface area is 109 Å². The van der Waals surface area contributed by atoms with Crippen LogP contribution in [-0.4, -0.2) is 5.91 Å². The summed E-state index contributed by atoms with van der Waals surface area (Å²) >= 11 is 5.71. The summed E-state index contributed by atoms with van der Waals surface area (Å²) in [5.41, 5.74) is 6.95. The van der Waals surface area contributed by atoms with E-state index in [1.54, 1.807) is 36.4 Å². The Morgan fingerprint density at radius 3 is 2.56 bits per heavy atom. The van der Waals surface area contributed by atoms with Crippen LogP contribution < -0.4 is 5.73 Å². The van der Waals surface area contributed by atoms with E-state index >= 15 is 0 Å². The summed E-state index contributed by atoms with van der Waals surface area (Å²) in [6.45, 7) is 0. The summed E-state index contributed by atoms with van der Waals surface area (Å²) in [6, 6.07) is 11.5. The lowest BCUT2D eigenvalue weighted by Crippen LogP contribution is -2.14. The van der Waals surface area contributed by atoms with Gasteiger partial charge in [-0.3, -0.25) is 4.79 Å². The fourth-order valence-electron chi connectivity index (χ4n) is 1.83. The summed E-state index contributed by atoms with van der Waals surface area (Å²) < 4.78 is 13.9. The van der Waals surface area contributed by atoms with Gasteiger partial charge in [0.15, 0.2) is 0 Å². The average molecular weight is 264 g/mol. The molecule has 0 heterocycles. The zero-order chi connectivity index (χ0) is 13.1. The van der Waals surface area contributed by atoms with Crippen LogP contribution >= 0.6 is 11.6 Å². The molecule has 0 bridgehead atoms. The third kappa shape index (κ3) is 2.68. The minimum atomic E-state index is -0.447. The van der Waals surface area contributed by atoms with Gasteiger partial charge in [0.2, 0.25) is 5.91 Å². The van der Waals surface area contributed by atoms with Gasteiger partial charge in [-0.25, -0.2) is 4.39 Å². The predicted molar refractivity (Wildman–Crippen MR) is 69.7 cm³/mol. The maximum atomic E-state index is 13.9. The normalized spacial score (nSPS) is 10.3. The number of carbonyl (C=O) groups is 1. The largest absolute Gasteiger partial charge is 0.369 e. The molecule has 2 aromatic carbocycles. The summed E-state index contributed by atoms with van der Waals surface area (Å²) in [5.74, 6) is -0.865. The van der Waals surface area contributed by atoms with E-state index in [0.717, 1.165) is 0 Å². The summed E-state index contributed by atoms with van der Waals surface area (Å²) in [6.07, 6.45) is 0.0816. The minimum Gasteiger partial charge on any atom is -0.369 e. The molecule has 0 radical (unpaired) electrons. The highest BCUT2D eigenvalue weighted by atomic mass is 35.5. The molecule has 0 aliphatic carbocycles. The number of carbonyl (C=O) groups excluding carboxylic acids is 1. The molecule has 0 saturated carbocycles. The Bertz CT molecular complexity index is 598. The van der Waals surface area contributed by atoms with Gasteiger partial charge < -0.3 is 5.73 Å². The van der Waals surface area contributed by atoms with E-state index in [0.29, 0.717) is 21.7 Å². The molecular weight excluding hydrogens is 253 g/mol. The Kier molecular flexibility index (Phi) is 3.63. The van der Waals surface area contributed by atoms with Crippen molar-refractivity contribution in [2.75, 3.05) is 0 Å². The highest BCUT2D eigenvalue weighted by Gasteiger charge is 2.11. The highest BCUT2D eigenvalue weighted by Crippen LogP contribution is 2.28. The van der Waals surface area contributed by atoms with Gasteiger partial charge in [-0.15, -0.1) is 0 Å². The Hall–Kier alpha value is -1.87. The number of halogens is 2. The molecule has 0 fully saturated rings. The number of nitrogens with two attached hydrogens (primary N) is 1. The number of amides is 1. The summed E-state index contributed by atoms with van der Waals surface area (Å²) in [7, 11) is 0. The second-order valence-electron chi connectivity index (χ2n) is 3.92. The third-order valence-corrected chi connectivity index (χ3v) is 2.84. The molecule has 0 aromatic heterocycles. The second-order valence-corrected chi connectivity index (χ2v) is 4.36. The molecule has 2 rings (SSSR count). The molecule has 2 N–H and O–H groups in total. The smallest absolute Gasteiger partial charge is 0.221 e. The number of hydrogen-bond donors (Lipinski definition) is 1. The molecule has 2 nitrogen and oxygen atoms in total. The Morgan fingerprint density at radius 2 is 1.89 bits per heavy atom. The molecule has 0 saturated heterocycles. The summed E-state index contributed by atoms with van der Waals surface area (Å²) in [5, 5.41) is 0.337. The van der Waals surface area contributed by atoms with E-state index in [1.165, 1.54) is 6.07 Å². The van der Waals surface area contributed by atoms with Gasteiger partial charge >= 0.3 is 0 Å². The van der Waals surface area contributed by atoms with Gasteiger partial charge in [-0.1, -0.05) is 35.9 Å². The number of rotatable bonds is 3. The van der Waals surface area contributed by atoms with Gasteiger partial charge in [0.05, 0.1) is 6.42 Å². The first kappa shape index (κ1) is 12.6. The van der Waals surface area contributed by atoms with Crippen molar-refractivity contribution < 1.29 is 9.18 Å². The van der Waals surface area contributed by atoms with Crippen molar-refractivity contribution in [1.82, 2.24) is 0 Å². The first-order valence-electron chi connectivity index (χ1n) is 5.39. The van der Waals surface area contributed by atoms with E-state index < -0.39 is 11.7 Å². The van der Waals surface area contributed by atoms with Crippen molar-refractivity contribution >= 4 is 17.5 Å². The van der Waals surface area contributed by atoms with Crippen LogP contribution in [-0.2, 0) is 11.2 Å². The van der Waals surface area contributed by atoms with Gasteiger partial charge in [-0.05, 0) is 29.3 Å². The van der Waals surface area contributed by atoms with E-state index in [1.807, 2.05) is 0 Å². The SMILES string of the molecule is NC(=O)Cc1ccccc1-c1ccc(Cl)cc1F. The lowest BCUT2D eigenvalue weighted by atomic mass is 9.97. The van der Waals surface area contributed by atoms with Crippen molar-refractivity contribution in [3.8, 4) is 11.1 Å². The molecule has 18 heavy (non-hydrogen) atoms. The fraction of sp³-hybridized carbons (Fsp3) is 0.0714. The van der Waals surface area contributed by atoms with Crippen LogP contribution in [0, 0.1) is 5.82 Å². The lowest BCUT2D eigenvalue weighted by molar-refractivity contribution is -0.117. The maximum absolute atomic E-state index is 13.9. The topological polar surface area (TPSA) is 43.1 Å². The van der Waals surface area contributed by atoms with Gasteiger partial charge in [0, 0.05) is 10.6 Å². The zero-order valence-electron chi connectivity index (χ0n) is 9.49. The number of hydrogen-bond acceptors (Lipinski definition) is 1. The first-order valence-corrected chi connectivity index (χ1v) is 5.77. The van der Waals surface area contributed by atoms with E-state index in [-0.39, 0.29) is 6.42 Å². The molecule has 0 aliphatic rings. The lowest BCUT2D eigenvalue weighted by Gasteiger charge is -2.09. The van der Waals surface area contributed by atoms with Crippen LogP contribution in [0.3, 0.4) is 0 Å². The molecule has 0 spiro atoms. The van der Waals surface area contributed by atoms with Crippen LogP contribution in [0.1, 0.15) is 5.56 Å². The highest BCUT2D eigenvalue weighted by molar-refractivity contribution is 6.30. The predicted octanol–water partition coefficient (Wildman–Crippen LogP) is 3.17. The molecule has 1 amide bonds. The molecule has 0 aliphatic heterocycles. The van der Waals surface area contributed by atoms with Gasteiger partial charge in [0.1, 0.15) is 5.82 Å². The fourth-order valence-corrected chi connectivity index (χ4v) is 1.99. The van der Waals surface area contributed by atoms with Gasteiger partial charge in [0.25, 0.3) is 0 Å². The quantitative estimate of drug-likeness (QED) is 0.908. The van der Waals surface area contributed by atoms with Crippen molar-refractivity contribution in [1.29, 1.82) is 0 Å². The minimum absolute atomic E-state index is 0.0816. The molecular formula is C14H11ClFNO. The maximum Gasteiger partial charge on any atom is 0.221 e. The summed E-state index contributed by atoms with van der Waals surface area (Å²) in [4.78, 5) is 11.0. The van der Waals surface area contributed by atoms with Crippen LogP contribution in [0.25, 0.3) is 11.1 Å². The zero-order valence-corrected chi connectivity index (χ0v) is 10.2. The molecule has 2 aromatic rings. The Morgan fingerprint density at radius 1 is 1.17 bits per heavy atom. The molecule has 4 heteroatoms.